The number of hydrogen-bond donors (Lipinski definition) is 10. The standard InChI is InChI=1S/C10H17N3O6S.C5H4N4O3/c11-5(10(18)19)1-2-7(14)13-6(4-20)9(17)12-3-8(15)16;10-3-1-2(7-4(11)6-1)8-5(12)9-3/h5-6,20H,1-4,11H2,(H,12,17)(H,13,14)(H,15,16)(H,18,19);(H4,6,7,8,9,10,11,12). The van der Waals surface area contributed by atoms with Crippen molar-refractivity contribution in [2.75, 3.05) is 12.3 Å². The molecule has 2 aromatic heterocycles. The molecule has 0 radical (unpaired) electrons. The zero-order chi connectivity index (χ0) is 24.4. The molecule has 16 nitrogen and oxygen atoms in total. The quantitative estimate of drug-likeness (QED) is 0.157. The monoisotopic (exact) mass is 475 g/mol. The molecule has 176 valence electrons. The molecule has 2 heterocycles. The van der Waals surface area contributed by atoms with Crippen molar-refractivity contribution < 1.29 is 29.4 Å². The lowest BCUT2D eigenvalue weighted by molar-refractivity contribution is -0.139. The van der Waals surface area contributed by atoms with Crippen LogP contribution in [-0.2, 0) is 19.2 Å². The van der Waals surface area contributed by atoms with E-state index in [0.29, 0.717) is 0 Å². The highest BCUT2D eigenvalue weighted by atomic mass is 32.1. The number of carbonyl (C=O) groups is 4. The first-order valence-corrected chi connectivity index (χ1v) is 9.40. The van der Waals surface area contributed by atoms with Gasteiger partial charge in [-0.05, 0) is 6.42 Å². The van der Waals surface area contributed by atoms with Crippen LogP contribution in [0.5, 0.6) is 0 Å². The molecule has 2 aromatic rings. The van der Waals surface area contributed by atoms with Crippen LogP contribution >= 0.6 is 12.6 Å². The van der Waals surface area contributed by atoms with Crippen molar-refractivity contribution >= 4 is 47.5 Å². The van der Waals surface area contributed by atoms with Crippen molar-refractivity contribution in [1.82, 2.24) is 30.6 Å². The van der Waals surface area contributed by atoms with E-state index in [4.69, 9.17) is 15.9 Å². The molecule has 0 fully saturated rings. The summed E-state index contributed by atoms with van der Waals surface area (Å²) in [6.07, 6.45) is -0.235. The fourth-order valence-corrected chi connectivity index (χ4v) is 2.37. The highest BCUT2D eigenvalue weighted by Crippen LogP contribution is 1.97. The van der Waals surface area contributed by atoms with Crippen molar-refractivity contribution in [2.45, 2.75) is 24.9 Å². The molecule has 0 saturated heterocycles. The molecule has 32 heavy (non-hydrogen) atoms. The number of amides is 2. The molecule has 10 N–H and O–H groups in total. The van der Waals surface area contributed by atoms with Gasteiger partial charge in [0.05, 0.1) is 0 Å². The number of aliphatic carboxylic acids is 2. The van der Waals surface area contributed by atoms with Crippen LogP contribution in [0.3, 0.4) is 0 Å². The van der Waals surface area contributed by atoms with E-state index in [1.807, 2.05) is 4.98 Å². The summed E-state index contributed by atoms with van der Waals surface area (Å²) in [5.41, 5.74) is 3.58. The number of nitrogens with one attached hydrogen (secondary N) is 6. The van der Waals surface area contributed by atoms with E-state index < -0.39 is 59.3 Å². The first-order chi connectivity index (χ1) is 14.9. The van der Waals surface area contributed by atoms with Gasteiger partial charge in [-0.3, -0.25) is 43.9 Å². The highest BCUT2D eigenvalue weighted by molar-refractivity contribution is 7.80. The molecule has 2 rings (SSSR count). The Hall–Kier alpha value is -3.86. The van der Waals surface area contributed by atoms with Crippen LogP contribution in [0, 0.1) is 0 Å². The molecular weight excluding hydrogens is 454 g/mol. The van der Waals surface area contributed by atoms with Gasteiger partial charge in [0.25, 0.3) is 5.56 Å². The topological polar surface area (TPSA) is 273 Å². The number of rotatable bonds is 9. The number of imidazole rings is 1. The van der Waals surface area contributed by atoms with Gasteiger partial charge in [0.15, 0.2) is 0 Å². The number of fused-ring (bicyclic) bond motifs is 1. The fourth-order valence-electron chi connectivity index (χ4n) is 2.11. The second-order valence-corrected chi connectivity index (χ2v) is 6.50. The number of aromatic amines is 4. The summed E-state index contributed by atoms with van der Waals surface area (Å²) in [6, 6.07) is -2.15. The third kappa shape index (κ3) is 8.48. The van der Waals surface area contributed by atoms with Gasteiger partial charge in [0.1, 0.15) is 29.8 Å². The van der Waals surface area contributed by atoms with Gasteiger partial charge in [0.2, 0.25) is 11.8 Å². The lowest BCUT2D eigenvalue weighted by Crippen LogP contribution is -2.49. The third-order valence-corrected chi connectivity index (χ3v) is 4.03. The molecule has 0 saturated carbocycles. The van der Waals surface area contributed by atoms with Crippen LogP contribution < -0.4 is 33.3 Å². The van der Waals surface area contributed by atoms with E-state index in [9.17, 15) is 33.6 Å². The number of carboxylic acids is 2. The van der Waals surface area contributed by atoms with Crippen LogP contribution in [0.4, 0.5) is 0 Å². The second kappa shape index (κ2) is 12.1. The first-order valence-electron chi connectivity index (χ1n) is 8.77. The number of carboxylic acid groups (broad SMARTS) is 2. The SMILES string of the molecule is NC(CCC(=O)NC(CS)C(=O)NCC(=O)O)C(=O)O.O=c1[nH]c(=O)c2[nH]c(=O)[nH]c2[nH]1. The number of thiol groups is 1. The predicted molar refractivity (Wildman–Crippen MR) is 111 cm³/mol. The normalized spacial score (nSPS) is 12.2. The molecule has 0 aromatic carbocycles. The van der Waals surface area contributed by atoms with Crippen LogP contribution in [0.1, 0.15) is 12.8 Å². The number of H-pyrrole nitrogens is 4. The molecule has 2 amide bonds. The Bertz CT molecular complexity index is 1150. The summed E-state index contributed by atoms with van der Waals surface area (Å²) in [5, 5.41) is 21.4. The number of aromatic nitrogens is 4. The molecule has 0 aliphatic heterocycles. The minimum absolute atomic E-state index is 0.0256. The average molecular weight is 475 g/mol. The lowest BCUT2D eigenvalue weighted by atomic mass is 10.1. The van der Waals surface area contributed by atoms with Crippen LogP contribution in [0.25, 0.3) is 11.2 Å². The molecule has 17 heteroatoms. The third-order valence-electron chi connectivity index (χ3n) is 3.67. The summed E-state index contributed by atoms with van der Waals surface area (Å²) in [5.74, 6) is -3.70. The average Bonchev–Trinajstić information content (AvgIpc) is 3.09. The Morgan fingerprint density at radius 1 is 1.00 bits per heavy atom. The van der Waals surface area contributed by atoms with Crippen LogP contribution in [-0.4, -0.2) is 78.3 Å². The van der Waals surface area contributed by atoms with E-state index >= 15 is 0 Å². The van der Waals surface area contributed by atoms with Crippen molar-refractivity contribution in [2.24, 2.45) is 5.73 Å². The maximum atomic E-state index is 11.5. The van der Waals surface area contributed by atoms with E-state index in [1.54, 1.807) is 0 Å². The Kier molecular flexibility index (Phi) is 9.90. The van der Waals surface area contributed by atoms with Crippen LogP contribution in [0.2, 0.25) is 0 Å². The number of hydrogen-bond acceptors (Lipinski definition) is 9. The summed E-state index contributed by atoms with van der Waals surface area (Å²) < 4.78 is 0. The molecule has 0 aliphatic carbocycles. The predicted octanol–water partition coefficient (Wildman–Crippen LogP) is -3.97. The largest absolute Gasteiger partial charge is 0.480 e. The summed E-state index contributed by atoms with van der Waals surface area (Å²) in [4.78, 5) is 84.7. The summed E-state index contributed by atoms with van der Waals surface area (Å²) in [7, 11) is 0. The molecule has 0 bridgehead atoms. The molecule has 0 aliphatic rings. The minimum atomic E-state index is -1.22. The Labute approximate surface area is 182 Å². The van der Waals surface area contributed by atoms with Gasteiger partial charge >= 0.3 is 23.3 Å². The van der Waals surface area contributed by atoms with Gasteiger partial charge in [-0.15, -0.1) is 0 Å². The minimum Gasteiger partial charge on any atom is -0.480 e. The molecule has 2 atom stereocenters. The molecular formula is C15H21N7O9S. The maximum Gasteiger partial charge on any atom is 0.327 e. The van der Waals surface area contributed by atoms with Gasteiger partial charge in [0, 0.05) is 12.2 Å². The van der Waals surface area contributed by atoms with Crippen LogP contribution in [0.15, 0.2) is 14.4 Å². The first kappa shape index (κ1) is 26.2. The molecule has 2 unspecified atom stereocenters. The fraction of sp³-hybridized carbons (Fsp3) is 0.400. The zero-order valence-electron chi connectivity index (χ0n) is 16.3. The van der Waals surface area contributed by atoms with Crippen molar-refractivity contribution in [1.29, 1.82) is 0 Å². The maximum absolute atomic E-state index is 11.5. The van der Waals surface area contributed by atoms with Crippen molar-refractivity contribution in [3.63, 3.8) is 0 Å². The van der Waals surface area contributed by atoms with Crippen molar-refractivity contribution in [3.05, 3.63) is 31.3 Å². The number of carbonyl (C=O) groups excluding carboxylic acids is 2. The van der Waals surface area contributed by atoms with E-state index in [1.165, 1.54) is 0 Å². The Balaban J connectivity index is 0.000000357. The van der Waals surface area contributed by atoms with Gasteiger partial charge in [-0.1, -0.05) is 0 Å². The van der Waals surface area contributed by atoms with Gasteiger partial charge in [-0.25, -0.2) is 9.59 Å². The summed E-state index contributed by atoms with van der Waals surface area (Å²) in [6.45, 7) is -0.567. The highest BCUT2D eigenvalue weighted by Gasteiger charge is 2.20. The van der Waals surface area contributed by atoms with E-state index in [-0.39, 0.29) is 29.8 Å². The Morgan fingerprint density at radius 2 is 1.59 bits per heavy atom. The van der Waals surface area contributed by atoms with Crippen molar-refractivity contribution in [3.8, 4) is 0 Å². The number of nitrogens with two attached hydrogens (primary N) is 1. The van der Waals surface area contributed by atoms with Gasteiger partial charge in [-0.2, -0.15) is 12.6 Å². The molecule has 0 spiro atoms. The zero-order valence-corrected chi connectivity index (χ0v) is 17.2. The van der Waals surface area contributed by atoms with Gasteiger partial charge < -0.3 is 26.6 Å². The van der Waals surface area contributed by atoms with E-state index in [0.717, 1.165) is 0 Å². The smallest absolute Gasteiger partial charge is 0.327 e. The van der Waals surface area contributed by atoms with E-state index in [2.05, 4.69) is 38.2 Å². The second-order valence-electron chi connectivity index (χ2n) is 6.13. The lowest BCUT2D eigenvalue weighted by Gasteiger charge is -2.16. The summed E-state index contributed by atoms with van der Waals surface area (Å²) >= 11 is 3.87. The Morgan fingerprint density at radius 3 is 2.12 bits per heavy atom.